The van der Waals surface area contributed by atoms with E-state index in [9.17, 15) is 9.59 Å². The summed E-state index contributed by atoms with van der Waals surface area (Å²) in [5.41, 5.74) is 0.858. The van der Waals surface area contributed by atoms with Crippen LogP contribution in [0, 0.1) is 0 Å². The average Bonchev–Trinajstić information content (AvgIpc) is 2.60. The largest absolute Gasteiger partial charge is 0.486 e. The van der Waals surface area contributed by atoms with Crippen molar-refractivity contribution in [3.63, 3.8) is 0 Å². The summed E-state index contributed by atoms with van der Waals surface area (Å²) in [6.45, 7) is 0.905. The minimum Gasteiger partial charge on any atom is -0.486 e. The van der Waals surface area contributed by atoms with Crippen LogP contribution in [0.4, 0.5) is 5.69 Å². The summed E-state index contributed by atoms with van der Waals surface area (Å²) >= 11 is 5.95. The maximum atomic E-state index is 12.5. The summed E-state index contributed by atoms with van der Waals surface area (Å²) in [6, 6.07) is 9.41. The van der Waals surface area contributed by atoms with Crippen LogP contribution in [-0.2, 0) is 4.74 Å². The third kappa shape index (κ3) is 3.28. The molecule has 6 nitrogen and oxygen atoms in total. The smallest absolute Gasteiger partial charge is 0.339 e. The molecule has 0 aliphatic carbocycles. The molecular formula is C17H14ClNO5. The Balaban J connectivity index is 1.87. The summed E-state index contributed by atoms with van der Waals surface area (Å²) < 4.78 is 15.6. The molecular weight excluding hydrogens is 334 g/mol. The topological polar surface area (TPSA) is 73.9 Å². The van der Waals surface area contributed by atoms with Gasteiger partial charge in [-0.05, 0) is 36.4 Å². The van der Waals surface area contributed by atoms with Crippen LogP contribution in [0.25, 0.3) is 0 Å². The molecule has 1 aliphatic rings. The second kappa shape index (κ2) is 6.80. The zero-order chi connectivity index (χ0) is 17.1. The van der Waals surface area contributed by atoms with Gasteiger partial charge < -0.3 is 19.5 Å². The van der Waals surface area contributed by atoms with Crippen LogP contribution in [0.15, 0.2) is 36.4 Å². The predicted molar refractivity (Wildman–Crippen MR) is 88.2 cm³/mol. The van der Waals surface area contributed by atoms with Crippen molar-refractivity contribution in [1.29, 1.82) is 0 Å². The summed E-state index contributed by atoms with van der Waals surface area (Å²) in [4.78, 5) is 24.3. The molecule has 3 rings (SSSR count). The van der Waals surface area contributed by atoms with Crippen molar-refractivity contribution < 1.29 is 23.8 Å². The number of hydrogen-bond donors (Lipinski definition) is 1. The number of carbonyl (C=O) groups is 2. The molecule has 0 saturated heterocycles. The van der Waals surface area contributed by atoms with E-state index >= 15 is 0 Å². The number of amides is 1. The van der Waals surface area contributed by atoms with E-state index in [0.29, 0.717) is 35.3 Å². The van der Waals surface area contributed by atoms with E-state index in [1.54, 1.807) is 24.3 Å². The van der Waals surface area contributed by atoms with Gasteiger partial charge in [-0.1, -0.05) is 11.6 Å². The lowest BCUT2D eigenvalue weighted by molar-refractivity contribution is 0.0602. The first-order valence-corrected chi connectivity index (χ1v) is 7.55. The fourth-order valence-electron chi connectivity index (χ4n) is 2.29. The number of hydrogen-bond acceptors (Lipinski definition) is 5. The van der Waals surface area contributed by atoms with Crippen molar-refractivity contribution in [2.24, 2.45) is 0 Å². The first-order chi connectivity index (χ1) is 11.6. The maximum absolute atomic E-state index is 12.5. The summed E-state index contributed by atoms with van der Waals surface area (Å²) in [6.07, 6.45) is 0. The van der Waals surface area contributed by atoms with Gasteiger partial charge in [-0.3, -0.25) is 4.79 Å². The Bertz CT molecular complexity index is 806. The maximum Gasteiger partial charge on any atom is 0.339 e. The fraction of sp³-hybridized carbons (Fsp3) is 0.176. The number of fused-ring (bicyclic) bond motifs is 1. The van der Waals surface area contributed by atoms with Crippen molar-refractivity contribution in [2.45, 2.75) is 0 Å². The molecule has 1 amide bonds. The molecule has 24 heavy (non-hydrogen) atoms. The zero-order valence-electron chi connectivity index (χ0n) is 12.8. The zero-order valence-corrected chi connectivity index (χ0v) is 13.6. The van der Waals surface area contributed by atoms with Crippen LogP contribution < -0.4 is 14.8 Å². The van der Waals surface area contributed by atoms with Gasteiger partial charge in [0, 0.05) is 10.6 Å². The van der Waals surface area contributed by atoms with Crippen molar-refractivity contribution in [2.75, 3.05) is 25.6 Å². The van der Waals surface area contributed by atoms with Gasteiger partial charge in [-0.15, -0.1) is 0 Å². The van der Waals surface area contributed by atoms with Crippen molar-refractivity contribution in [1.82, 2.24) is 0 Å². The standard InChI is InChI=1S/C17H14ClNO5/c1-22-17(21)12-4-3-11(18)9-13(12)19-16(20)10-2-5-14-15(8-10)24-7-6-23-14/h2-5,8-9H,6-7H2,1H3,(H,19,20). The third-order valence-corrected chi connectivity index (χ3v) is 3.67. The number of esters is 1. The summed E-state index contributed by atoms with van der Waals surface area (Å²) in [5.74, 6) is 0.132. The van der Waals surface area contributed by atoms with Gasteiger partial charge in [-0.25, -0.2) is 4.79 Å². The van der Waals surface area contributed by atoms with E-state index in [1.165, 1.54) is 19.2 Å². The van der Waals surface area contributed by atoms with E-state index in [0.717, 1.165) is 0 Å². The Hall–Kier alpha value is -2.73. The first-order valence-electron chi connectivity index (χ1n) is 7.17. The Morgan fingerprint density at radius 1 is 1.08 bits per heavy atom. The summed E-state index contributed by atoms with van der Waals surface area (Å²) in [7, 11) is 1.27. The number of methoxy groups -OCH3 is 1. The van der Waals surface area contributed by atoms with Crippen LogP contribution in [0.3, 0.4) is 0 Å². The lowest BCUT2D eigenvalue weighted by atomic mass is 10.1. The SMILES string of the molecule is COC(=O)c1ccc(Cl)cc1NC(=O)c1ccc2c(c1)OCCO2. The molecule has 7 heteroatoms. The normalized spacial score (nSPS) is 12.4. The van der Waals surface area contributed by atoms with Gasteiger partial charge in [-0.2, -0.15) is 0 Å². The molecule has 0 fully saturated rings. The van der Waals surface area contributed by atoms with Crippen LogP contribution in [0.2, 0.25) is 5.02 Å². The Morgan fingerprint density at radius 3 is 2.58 bits per heavy atom. The molecule has 0 aromatic heterocycles. The molecule has 1 heterocycles. The van der Waals surface area contributed by atoms with Crippen LogP contribution >= 0.6 is 11.6 Å². The Labute approximate surface area is 143 Å². The highest BCUT2D eigenvalue weighted by Crippen LogP contribution is 2.31. The number of anilines is 1. The highest BCUT2D eigenvalue weighted by atomic mass is 35.5. The van der Waals surface area contributed by atoms with E-state index in [1.807, 2.05) is 0 Å². The molecule has 124 valence electrons. The van der Waals surface area contributed by atoms with E-state index in [2.05, 4.69) is 5.32 Å². The number of ether oxygens (including phenoxy) is 3. The van der Waals surface area contributed by atoms with Crippen molar-refractivity contribution in [3.05, 3.63) is 52.5 Å². The second-order valence-corrected chi connectivity index (χ2v) is 5.43. The Kier molecular flexibility index (Phi) is 4.57. The lowest BCUT2D eigenvalue weighted by Gasteiger charge is -2.18. The number of rotatable bonds is 3. The average molecular weight is 348 g/mol. The van der Waals surface area contributed by atoms with E-state index in [-0.39, 0.29) is 11.3 Å². The van der Waals surface area contributed by atoms with Crippen LogP contribution in [0.1, 0.15) is 20.7 Å². The van der Waals surface area contributed by atoms with E-state index in [4.69, 9.17) is 25.8 Å². The molecule has 0 bridgehead atoms. The molecule has 0 saturated carbocycles. The lowest BCUT2D eigenvalue weighted by Crippen LogP contribution is -2.18. The molecule has 0 radical (unpaired) electrons. The van der Waals surface area contributed by atoms with Crippen LogP contribution in [-0.4, -0.2) is 32.2 Å². The minimum absolute atomic E-state index is 0.216. The number of carbonyl (C=O) groups excluding carboxylic acids is 2. The van der Waals surface area contributed by atoms with Crippen molar-refractivity contribution in [3.8, 4) is 11.5 Å². The number of benzene rings is 2. The fourth-order valence-corrected chi connectivity index (χ4v) is 2.46. The van der Waals surface area contributed by atoms with Gasteiger partial charge in [0.2, 0.25) is 0 Å². The Morgan fingerprint density at radius 2 is 1.83 bits per heavy atom. The quantitative estimate of drug-likeness (QED) is 0.863. The highest BCUT2D eigenvalue weighted by Gasteiger charge is 2.18. The molecule has 0 unspecified atom stereocenters. The molecule has 2 aromatic rings. The van der Waals surface area contributed by atoms with Gasteiger partial charge in [0.05, 0.1) is 18.4 Å². The van der Waals surface area contributed by atoms with Gasteiger partial charge in [0.25, 0.3) is 5.91 Å². The molecule has 1 N–H and O–H groups in total. The monoisotopic (exact) mass is 347 g/mol. The van der Waals surface area contributed by atoms with Gasteiger partial charge in [0.1, 0.15) is 13.2 Å². The first kappa shape index (κ1) is 16.1. The summed E-state index contributed by atoms with van der Waals surface area (Å²) in [5, 5.41) is 3.06. The van der Waals surface area contributed by atoms with E-state index < -0.39 is 11.9 Å². The number of halogens is 1. The van der Waals surface area contributed by atoms with Gasteiger partial charge in [0.15, 0.2) is 11.5 Å². The molecule has 0 spiro atoms. The molecule has 1 aliphatic heterocycles. The second-order valence-electron chi connectivity index (χ2n) is 4.99. The van der Waals surface area contributed by atoms with Crippen LogP contribution in [0.5, 0.6) is 11.5 Å². The molecule has 2 aromatic carbocycles. The number of nitrogens with one attached hydrogen (secondary N) is 1. The van der Waals surface area contributed by atoms with Gasteiger partial charge >= 0.3 is 5.97 Å². The predicted octanol–water partition coefficient (Wildman–Crippen LogP) is 3.15. The third-order valence-electron chi connectivity index (χ3n) is 3.44. The highest BCUT2D eigenvalue weighted by molar-refractivity contribution is 6.31. The van der Waals surface area contributed by atoms with Crippen molar-refractivity contribution >= 4 is 29.2 Å². The molecule has 0 atom stereocenters. The minimum atomic E-state index is -0.566.